The number of hydrogen-bond donors (Lipinski definition) is 1. The van der Waals surface area contributed by atoms with Gasteiger partial charge in [0.15, 0.2) is 11.6 Å². The van der Waals surface area contributed by atoms with Crippen LogP contribution in [0.1, 0.15) is 63.0 Å². The average Bonchev–Trinajstić information content (AvgIpc) is 3.20. The van der Waals surface area contributed by atoms with Crippen LogP contribution in [0.3, 0.4) is 0 Å². The maximum Gasteiger partial charge on any atom is 0.176 e. The van der Waals surface area contributed by atoms with E-state index in [4.69, 9.17) is 4.98 Å². The van der Waals surface area contributed by atoms with Crippen LogP contribution in [0.5, 0.6) is 0 Å². The van der Waals surface area contributed by atoms with Gasteiger partial charge in [-0.3, -0.25) is 0 Å². The molecule has 0 atom stereocenters. The van der Waals surface area contributed by atoms with Gasteiger partial charge in [0.2, 0.25) is 0 Å². The first-order chi connectivity index (χ1) is 17.6. The first-order valence-corrected chi connectivity index (χ1v) is 13.2. The molecular formula is C32H34N4. The molecule has 1 N–H and O–H groups in total. The van der Waals surface area contributed by atoms with Crippen LogP contribution in [-0.2, 0) is 5.41 Å². The molecule has 1 aliphatic heterocycles. The minimum atomic E-state index is 0.0122. The lowest BCUT2D eigenvalue weighted by Crippen LogP contribution is -2.26. The number of rotatable bonds is 5. The van der Waals surface area contributed by atoms with Gasteiger partial charge in [0.25, 0.3) is 0 Å². The van der Waals surface area contributed by atoms with Crippen LogP contribution in [0.2, 0.25) is 0 Å². The zero-order chi connectivity index (χ0) is 24.5. The standard InChI is InChI=1S/C32H34N4/c1-32(2)22-36(31-30(33-19-20-34-31)35-25-13-7-4-8-14-25)29-21-24(17-18-28(29)32)27-16-10-9-15-26(27)23-11-5-3-6-12-23/h4,7-10,13-21,23H,3,5-6,11-12,22H2,1-2H3,(H,33,35). The number of anilines is 4. The predicted octanol–water partition coefficient (Wildman–Crippen LogP) is 8.36. The topological polar surface area (TPSA) is 41.1 Å². The molecule has 1 aliphatic carbocycles. The van der Waals surface area contributed by atoms with E-state index < -0.39 is 0 Å². The van der Waals surface area contributed by atoms with Crippen molar-refractivity contribution in [1.82, 2.24) is 9.97 Å². The molecular weight excluding hydrogens is 440 g/mol. The van der Waals surface area contributed by atoms with E-state index in [9.17, 15) is 0 Å². The second-order valence-electron chi connectivity index (χ2n) is 10.8. The molecule has 36 heavy (non-hydrogen) atoms. The molecule has 1 saturated carbocycles. The lowest BCUT2D eigenvalue weighted by molar-refractivity contribution is 0.444. The van der Waals surface area contributed by atoms with Gasteiger partial charge >= 0.3 is 0 Å². The van der Waals surface area contributed by atoms with Gasteiger partial charge in [-0.25, -0.2) is 9.97 Å². The number of hydrogen-bond acceptors (Lipinski definition) is 4. The smallest absolute Gasteiger partial charge is 0.176 e. The molecule has 0 saturated heterocycles. The second-order valence-corrected chi connectivity index (χ2v) is 10.8. The summed E-state index contributed by atoms with van der Waals surface area (Å²) in [5, 5.41) is 3.49. The third kappa shape index (κ3) is 4.26. The summed E-state index contributed by atoms with van der Waals surface area (Å²) >= 11 is 0. The molecule has 4 nitrogen and oxygen atoms in total. The van der Waals surface area contributed by atoms with Crippen molar-refractivity contribution in [3.8, 4) is 11.1 Å². The molecule has 0 unspecified atom stereocenters. The Balaban J connectivity index is 1.42. The van der Waals surface area contributed by atoms with Crippen molar-refractivity contribution in [3.05, 3.63) is 96.3 Å². The normalized spacial score (nSPS) is 17.1. The van der Waals surface area contributed by atoms with Gasteiger partial charge in [-0.05, 0) is 59.2 Å². The Morgan fingerprint density at radius 3 is 2.42 bits per heavy atom. The first kappa shape index (κ1) is 22.8. The summed E-state index contributed by atoms with van der Waals surface area (Å²) < 4.78 is 0. The van der Waals surface area contributed by atoms with Crippen LogP contribution in [0, 0.1) is 0 Å². The molecule has 4 aromatic rings. The van der Waals surface area contributed by atoms with E-state index in [1.807, 2.05) is 18.2 Å². The Hall–Kier alpha value is -3.66. The van der Waals surface area contributed by atoms with Crippen LogP contribution in [0.25, 0.3) is 11.1 Å². The quantitative estimate of drug-likeness (QED) is 0.315. The third-order valence-corrected chi connectivity index (χ3v) is 7.86. The van der Waals surface area contributed by atoms with Crippen molar-refractivity contribution >= 4 is 23.0 Å². The van der Waals surface area contributed by atoms with Crippen molar-refractivity contribution in [2.24, 2.45) is 0 Å². The van der Waals surface area contributed by atoms with E-state index in [1.165, 1.54) is 60.0 Å². The molecule has 2 heterocycles. The fourth-order valence-corrected chi connectivity index (χ4v) is 6.05. The molecule has 182 valence electrons. The fraction of sp³-hybridized carbons (Fsp3) is 0.312. The van der Waals surface area contributed by atoms with Crippen LogP contribution in [0.4, 0.5) is 23.0 Å². The summed E-state index contributed by atoms with van der Waals surface area (Å²) in [7, 11) is 0. The van der Waals surface area contributed by atoms with E-state index in [0.717, 1.165) is 23.9 Å². The van der Waals surface area contributed by atoms with Crippen molar-refractivity contribution in [2.45, 2.75) is 57.3 Å². The van der Waals surface area contributed by atoms with Crippen LogP contribution in [0.15, 0.2) is 85.2 Å². The van der Waals surface area contributed by atoms with E-state index in [2.05, 4.69) is 83.6 Å². The highest BCUT2D eigenvalue weighted by atomic mass is 15.3. The van der Waals surface area contributed by atoms with Gasteiger partial charge < -0.3 is 10.2 Å². The van der Waals surface area contributed by atoms with Gasteiger partial charge in [0.05, 0.1) is 0 Å². The summed E-state index contributed by atoms with van der Waals surface area (Å²) in [6, 6.07) is 26.3. The molecule has 0 amide bonds. The molecule has 4 heteroatoms. The molecule has 0 radical (unpaired) electrons. The summed E-state index contributed by atoms with van der Waals surface area (Å²) in [4.78, 5) is 11.8. The maximum atomic E-state index is 4.82. The first-order valence-electron chi connectivity index (χ1n) is 13.2. The van der Waals surface area contributed by atoms with Crippen LogP contribution in [-0.4, -0.2) is 16.5 Å². The largest absolute Gasteiger partial charge is 0.337 e. The maximum absolute atomic E-state index is 4.82. The van der Waals surface area contributed by atoms with Crippen molar-refractivity contribution in [2.75, 3.05) is 16.8 Å². The third-order valence-electron chi connectivity index (χ3n) is 7.86. The molecule has 3 aromatic carbocycles. The van der Waals surface area contributed by atoms with Crippen molar-refractivity contribution in [1.29, 1.82) is 0 Å². The van der Waals surface area contributed by atoms with Gasteiger partial charge in [-0.1, -0.05) is 87.7 Å². The Morgan fingerprint density at radius 1 is 0.833 bits per heavy atom. The number of nitrogens with one attached hydrogen (secondary N) is 1. The number of fused-ring (bicyclic) bond motifs is 1. The summed E-state index contributed by atoms with van der Waals surface area (Å²) in [6.45, 7) is 5.50. The summed E-state index contributed by atoms with van der Waals surface area (Å²) in [6.07, 6.45) is 10.2. The number of aromatic nitrogens is 2. The zero-order valence-corrected chi connectivity index (χ0v) is 21.2. The Morgan fingerprint density at radius 2 is 1.58 bits per heavy atom. The number of para-hydroxylation sites is 1. The minimum absolute atomic E-state index is 0.0122. The highest BCUT2D eigenvalue weighted by Gasteiger charge is 2.37. The zero-order valence-electron chi connectivity index (χ0n) is 21.2. The molecule has 1 fully saturated rings. The molecule has 0 bridgehead atoms. The van der Waals surface area contributed by atoms with E-state index in [0.29, 0.717) is 5.92 Å². The lowest BCUT2D eigenvalue weighted by atomic mass is 9.80. The van der Waals surface area contributed by atoms with Gasteiger partial charge in [0, 0.05) is 35.7 Å². The van der Waals surface area contributed by atoms with Gasteiger partial charge in [0.1, 0.15) is 0 Å². The highest BCUT2D eigenvalue weighted by Crippen LogP contribution is 2.47. The number of nitrogens with zero attached hydrogens (tertiary/aromatic N) is 3. The minimum Gasteiger partial charge on any atom is -0.337 e. The van der Waals surface area contributed by atoms with Gasteiger partial charge in [-0.2, -0.15) is 0 Å². The number of benzene rings is 3. The van der Waals surface area contributed by atoms with Gasteiger partial charge in [-0.15, -0.1) is 0 Å². The highest BCUT2D eigenvalue weighted by molar-refractivity contribution is 5.82. The average molecular weight is 475 g/mol. The van der Waals surface area contributed by atoms with Crippen molar-refractivity contribution < 1.29 is 0 Å². The lowest BCUT2D eigenvalue weighted by Gasteiger charge is -2.25. The Bertz CT molecular complexity index is 1360. The van der Waals surface area contributed by atoms with Crippen LogP contribution >= 0.6 is 0 Å². The van der Waals surface area contributed by atoms with Crippen LogP contribution < -0.4 is 10.2 Å². The van der Waals surface area contributed by atoms with Crippen molar-refractivity contribution in [3.63, 3.8) is 0 Å². The van der Waals surface area contributed by atoms with E-state index in [-0.39, 0.29) is 5.41 Å². The van der Waals surface area contributed by atoms with E-state index >= 15 is 0 Å². The second kappa shape index (κ2) is 9.42. The molecule has 2 aliphatic rings. The fourth-order valence-electron chi connectivity index (χ4n) is 6.05. The Labute approximate surface area is 214 Å². The molecule has 1 aromatic heterocycles. The predicted molar refractivity (Wildman–Crippen MR) is 149 cm³/mol. The summed E-state index contributed by atoms with van der Waals surface area (Å²) in [5.74, 6) is 2.31. The van der Waals surface area contributed by atoms with E-state index in [1.54, 1.807) is 12.4 Å². The summed E-state index contributed by atoms with van der Waals surface area (Å²) in [5.41, 5.74) is 7.78. The molecule has 0 spiro atoms. The SMILES string of the molecule is CC1(C)CN(c2nccnc2Nc2ccccc2)c2cc(-c3ccccc3C3CCCCC3)ccc21. The monoisotopic (exact) mass is 474 g/mol. The Kier molecular flexibility index (Phi) is 5.96. The molecule has 6 rings (SSSR count).